The lowest BCUT2D eigenvalue weighted by Crippen LogP contribution is -2.26. The van der Waals surface area contributed by atoms with Gasteiger partial charge in [0.05, 0.1) is 11.0 Å². The molecule has 0 aliphatic carbocycles. The number of nitro groups is 1. The third-order valence-corrected chi connectivity index (χ3v) is 3.59. The van der Waals surface area contributed by atoms with Crippen LogP contribution in [0.1, 0.15) is 24.4 Å². The van der Waals surface area contributed by atoms with Gasteiger partial charge in [0.15, 0.2) is 11.5 Å². The molecule has 25 heavy (non-hydrogen) atoms. The molecular weight excluding hydrogens is 322 g/mol. The monoisotopic (exact) mass is 337 g/mol. The van der Waals surface area contributed by atoms with Gasteiger partial charge in [-0.3, -0.25) is 19.3 Å². The quantitative estimate of drug-likeness (QED) is 0.438. The van der Waals surface area contributed by atoms with Crippen LogP contribution in [-0.4, -0.2) is 25.4 Å². The molecule has 0 bridgehead atoms. The Hall–Kier alpha value is -3.55. The third kappa shape index (κ3) is 3.69. The Bertz CT molecular complexity index is 964. The number of nitrogens with one attached hydrogen (secondary N) is 1. The van der Waals surface area contributed by atoms with Gasteiger partial charge in [-0.25, -0.2) is 0 Å². The molecule has 0 saturated heterocycles. The highest BCUT2D eigenvalue weighted by atomic mass is 16.6. The number of carbonyl (C=O) groups is 1. The summed E-state index contributed by atoms with van der Waals surface area (Å²) in [6.07, 6.45) is 4.68. The Morgan fingerprint density at radius 3 is 2.92 bits per heavy atom. The second kappa shape index (κ2) is 6.91. The number of non-ortho nitro benzene ring substituents is 1. The molecule has 2 heterocycles. The number of aromatic nitrogens is 3. The number of rotatable bonds is 5. The summed E-state index contributed by atoms with van der Waals surface area (Å²) in [5.41, 5.74) is 1.25. The number of nitrogens with zero attached hydrogens (tertiary/aromatic N) is 4. The van der Waals surface area contributed by atoms with Crippen LogP contribution in [0.4, 0.5) is 5.69 Å². The van der Waals surface area contributed by atoms with Crippen molar-refractivity contribution >= 4 is 23.3 Å². The molecule has 3 rings (SSSR count). The van der Waals surface area contributed by atoms with Crippen LogP contribution < -0.4 is 5.32 Å². The molecule has 8 nitrogen and oxygen atoms in total. The van der Waals surface area contributed by atoms with Gasteiger partial charge in [0.25, 0.3) is 5.69 Å². The SMILES string of the molecule is CC(NC(=O)/C=C/c1cccc([N+](=O)[O-])c1)c1nnc2ccccn12. The predicted octanol–water partition coefficient (Wildman–Crippen LogP) is 2.53. The zero-order valence-corrected chi connectivity index (χ0v) is 13.4. The summed E-state index contributed by atoms with van der Waals surface area (Å²) < 4.78 is 1.80. The number of hydrogen-bond acceptors (Lipinski definition) is 5. The first-order valence-corrected chi connectivity index (χ1v) is 7.57. The normalized spacial score (nSPS) is 12.4. The molecule has 3 aromatic rings. The van der Waals surface area contributed by atoms with Gasteiger partial charge in [-0.15, -0.1) is 10.2 Å². The number of hydrogen-bond donors (Lipinski definition) is 1. The van der Waals surface area contributed by atoms with Gasteiger partial charge in [-0.1, -0.05) is 18.2 Å². The van der Waals surface area contributed by atoms with E-state index in [0.717, 1.165) is 0 Å². The largest absolute Gasteiger partial charge is 0.343 e. The first kappa shape index (κ1) is 16.3. The van der Waals surface area contributed by atoms with Crippen molar-refractivity contribution in [2.24, 2.45) is 0 Å². The van der Waals surface area contributed by atoms with E-state index < -0.39 is 4.92 Å². The van der Waals surface area contributed by atoms with Crippen LogP contribution in [-0.2, 0) is 4.79 Å². The highest BCUT2D eigenvalue weighted by Gasteiger charge is 2.14. The average Bonchev–Trinajstić information content (AvgIpc) is 3.04. The maximum Gasteiger partial charge on any atom is 0.270 e. The Balaban J connectivity index is 1.70. The molecular formula is C17H15N5O3. The van der Waals surface area contributed by atoms with Gasteiger partial charge in [-0.2, -0.15) is 0 Å². The number of benzene rings is 1. The lowest BCUT2D eigenvalue weighted by Gasteiger charge is -2.10. The summed E-state index contributed by atoms with van der Waals surface area (Å²) >= 11 is 0. The number of carbonyl (C=O) groups excluding carboxylic acids is 1. The third-order valence-electron chi connectivity index (χ3n) is 3.59. The van der Waals surface area contributed by atoms with E-state index in [2.05, 4.69) is 15.5 Å². The summed E-state index contributed by atoms with van der Waals surface area (Å²) in [4.78, 5) is 22.4. The fourth-order valence-corrected chi connectivity index (χ4v) is 2.40. The minimum Gasteiger partial charge on any atom is -0.343 e. The molecule has 0 radical (unpaired) electrons. The van der Waals surface area contributed by atoms with E-state index >= 15 is 0 Å². The molecule has 1 N–H and O–H groups in total. The maximum atomic E-state index is 12.1. The van der Waals surface area contributed by atoms with E-state index in [0.29, 0.717) is 17.0 Å². The Labute approximate surface area is 143 Å². The van der Waals surface area contributed by atoms with E-state index in [1.54, 1.807) is 16.5 Å². The van der Waals surface area contributed by atoms with Crippen molar-refractivity contribution in [2.75, 3.05) is 0 Å². The van der Waals surface area contributed by atoms with Crippen molar-refractivity contribution < 1.29 is 9.72 Å². The van der Waals surface area contributed by atoms with E-state index in [9.17, 15) is 14.9 Å². The summed E-state index contributed by atoms with van der Waals surface area (Å²) in [5, 5.41) is 21.7. The standard InChI is InChI=1S/C17H15N5O3/c1-12(17-20-19-15-7-2-3-10-21(15)17)18-16(23)9-8-13-5-4-6-14(11-13)22(24)25/h2-12H,1H3,(H,18,23)/b9-8+. The molecule has 2 aromatic heterocycles. The van der Waals surface area contributed by atoms with E-state index in [-0.39, 0.29) is 17.6 Å². The van der Waals surface area contributed by atoms with Crippen molar-refractivity contribution in [3.05, 3.63) is 76.2 Å². The van der Waals surface area contributed by atoms with Crippen molar-refractivity contribution in [1.29, 1.82) is 0 Å². The smallest absolute Gasteiger partial charge is 0.270 e. The van der Waals surface area contributed by atoms with Crippen molar-refractivity contribution in [2.45, 2.75) is 13.0 Å². The van der Waals surface area contributed by atoms with E-state index in [4.69, 9.17) is 0 Å². The van der Waals surface area contributed by atoms with Gasteiger partial charge in [0.1, 0.15) is 0 Å². The van der Waals surface area contributed by atoms with Gasteiger partial charge in [0, 0.05) is 24.4 Å². The molecule has 1 amide bonds. The highest BCUT2D eigenvalue weighted by Crippen LogP contribution is 2.15. The van der Waals surface area contributed by atoms with Gasteiger partial charge >= 0.3 is 0 Å². The molecule has 126 valence electrons. The number of amides is 1. The molecule has 8 heteroatoms. The van der Waals surface area contributed by atoms with Crippen LogP contribution >= 0.6 is 0 Å². The second-order valence-electron chi connectivity index (χ2n) is 5.40. The minimum absolute atomic E-state index is 0.0224. The van der Waals surface area contributed by atoms with Gasteiger partial charge < -0.3 is 5.32 Å². The minimum atomic E-state index is -0.476. The predicted molar refractivity (Wildman–Crippen MR) is 91.7 cm³/mol. The number of pyridine rings is 1. The first-order chi connectivity index (χ1) is 12.0. The lowest BCUT2D eigenvalue weighted by molar-refractivity contribution is -0.384. The molecule has 1 unspecified atom stereocenters. The molecule has 0 spiro atoms. The molecule has 1 atom stereocenters. The Morgan fingerprint density at radius 2 is 2.12 bits per heavy atom. The van der Waals surface area contributed by atoms with Crippen LogP contribution in [0.2, 0.25) is 0 Å². The van der Waals surface area contributed by atoms with Gasteiger partial charge in [0.2, 0.25) is 5.91 Å². The summed E-state index contributed by atoms with van der Waals surface area (Å²) in [6.45, 7) is 1.81. The molecule has 0 aliphatic heterocycles. The molecule has 0 aliphatic rings. The number of fused-ring (bicyclic) bond motifs is 1. The highest BCUT2D eigenvalue weighted by molar-refractivity contribution is 5.92. The summed E-state index contributed by atoms with van der Waals surface area (Å²) in [5.74, 6) is 0.291. The number of nitro benzene ring substituents is 1. The van der Waals surface area contributed by atoms with Crippen molar-refractivity contribution in [1.82, 2.24) is 19.9 Å². The van der Waals surface area contributed by atoms with E-state index in [1.807, 2.05) is 31.3 Å². The van der Waals surface area contributed by atoms with Crippen LogP contribution in [0.3, 0.4) is 0 Å². The van der Waals surface area contributed by atoms with Crippen LogP contribution in [0, 0.1) is 10.1 Å². The van der Waals surface area contributed by atoms with Crippen molar-refractivity contribution in [3.63, 3.8) is 0 Å². The fourth-order valence-electron chi connectivity index (χ4n) is 2.40. The van der Waals surface area contributed by atoms with E-state index in [1.165, 1.54) is 24.3 Å². The van der Waals surface area contributed by atoms with Gasteiger partial charge in [-0.05, 0) is 30.7 Å². The first-order valence-electron chi connectivity index (χ1n) is 7.57. The van der Waals surface area contributed by atoms with Crippen molar-refractivity contribution in [3.8, 4) is 0 Å². The zero-order chi connectivity index (χ0) is 17.8. The fraction of sp³-hybridized carbons (Fsp3) is 0.118. The zero-order valence-electron chi connectivity index (χ0n) is 13.4. The molecule has 0 saturated carbocycles. The average molecular weight is 337 g/mol. The molecule has 1 aromatic carbocycles. The van der Waals surface area contributed by atoms with Crippen LogP contribution in [0.15, 0.2) is 54.7 Å². The maximum absolute atomic E-state index is 12.1. The Kier molecular flexibility index (Phi) is 4.51. The lowest BCUT2D eigenvalue weighted by atomic mass is 10.2. The summed E-state index contributed by atoms with van der Waals surface area (Å²) in [7, 11) is 0. The second-order valence-corrected chi connectivity index (χ2v) is 5.40. The topological polar surface area (TPSA) is 102 Å². The van der Waals surface area contributed by atoms with Crippen LogP contribution in [0.25, 0.3) is 11.7 Å². The Morgan fingerprint density at radius 1 is 1.28 bits per heavy atom. The molecule has 0 fully saturated rings. The van der Waals surface area contributed by atoms with Crippen LogP contribution in [0.5, 0.6) is 0 Å². The summed E-state index contributed by atoms with van der Waals surface area (Å²) in [6, 6.07) is 11.3.